The van der Waals surface area contributed by atoms with E-state index in [1.165, 1.54) is 19.3 Å². The number of amides is 4. The van der Waals surface area contributed by atoms with E-state index in [4.69, 9.17) is 4.42 Å². The predicted molar refractivity (Wildman–Crippen MR) is 111 cm³/mol. The number of nitrogens with zero attached hydrogens (tertiary/aromatic N) is 2. The first-order valence-electron chi connectivity index (χ1n) is 10.9. The first-order valence-corrected chi connectivity index (χ1v) is 10.9. The number of imide groups is 1. The van der Waals surface area contributed by atoms with Crippen molar-refractivity contribution in [1.82, 2.24) is 15.1 Å². The molecule has 30 heavy (non-hydrogen) atoms. The topological polar surface area (TPSA) is 82.9 Å². The van der Waals surface area contributed by atoms with Crippen LogP contribution in [0.5, 0.6) is 0 Å². The lowest BCUT2D eigenvalue weighted by molar-refractivity contribution is -0.143. The van der Waals surface area contributed by atoms with Crippen LogP contribution in [0.25, 0.3) is 11.0 Å². The van der Waals surface area contributed by atoms with Gasteiger partial charge in [-0.1, -0.05) is 31.0 Å². The molecule has 1 N–H and O–H groups in total. The fraction of sp³-hybridized carbons (Fsp3) is 0.522. The first kappa shape index (κ1) is 19.2. The highest BCUT2D eigenvalue weighted by Gasteiger charge is 2.52. The van der Waals surface area contributed by atoms with Crippen molar-refractivity contribution >= 4 is 28.8 Å². The molecule has 4 amide bonds. The number of benzene rings is 1. The maximum Gasteiger partial charge on any atom is 0.325 e. The van der Waals surface area contributed by atoms with Crippen LogP contribution in [0.2, 0.25) is 0 Å². The van der Waals surface area contributed by atoms with E-state index in [2.05, 4.69) is 5.32 Å². The zero-order valence-corrected chi connectivity index (χ0v) is 17.2. The molecular formula is C23H27N3O4. The Morgan fingerprint density at radius 3 is 2.77 bits per heavy atom. The molecule has 0 bridgehead atoms. The Balaban J connectivity index is 1.36. The van der Waals surface area contributed by atoms with Crippen LogP contribution in [0.4, 0.5) is 4.79 Å². The molecule has 3 aliphatic rings. The van der Waals surface area contributed by atoms with Crippen LogP contribution in [0.15, 0.2) is 34.7 Å². The van der Waals surface area contributed by atoms with Crippen LogP contribution < -0.4 is 5.32 Å². The number of piperidine rings is 1. The lowest BCUT2D eigenvalue weighted by Crippen LogP contribution is -2.53. The quantitative estimate of drug-likeness (QED) is 0.788. The summed E-state index contributed by atoms with van der Waals surface area (Å²) in [5.41, 5.74) is -0.659. The van der Waals surface area contributed by atoms with Gasteiger partial charge in [-0.3, -0.25) is 14.5 Å². The van der Waals surface area contributed by atoms with Crippen LogP contribution in [0, 0.1) is 5.92 Å². The summed E-state index contributed by atoms with van der Waals surface area (Å²) in [6, 6.07) is 8.94. The third-order valence-corrected chi connectivity index (χ3v) is 7.05. The number of likely N-dealkylation sites (tertiary alicyclic amines) is 1. The molecule has 0 unspecified atom stereocenters. The standard InChI is InChI=1S/C23H27N3O4/c1-23(19-13-16-8-3-5-11-18(16)30-19)21(28)26(22(29)24-23)14-20(27)25-12-6-9-15-7-2-4-10-17(15)25/h3,5,8,11,13,15,17H,2,4,6-7,9-10,12,14H2,1H3,(H,24,29)/t15-,17+,23-/m1/s1. The molecule has 7 nitrogen and oxygen atoms in total. The largest absolute Gasteiger partial charge is 0.458 e. The number of rotatable bonds is 3. The molecule has 0 radical (unpaired) electrons. The Labute approximate surface area is 175 Å². The second-order valence-corrected chi connectivity index (χ2v) is 8.94. The Morgan fingerprint density at radius 2 is 1.93 bits per heavy atom. The average molecular weight is 409 g/mol. The summed E-state index contributed by atoms with van der Waals surface area (Å²) >= 11 is 0. The van der Waals surface area contributed by atoms with Crippen LogP contribution in [-0.2, 0) is 15.1 Å². The summed E-state index contributed by atoms with van der Waals surface area (Å²) in [5, 5.41) is 3.61. The average Bonchev–Trinajstić information content (AvgIpc) is 3.29. The molecule has 1 saturated carbocycles. The van der Waals surface area contributed by atoms with Crippen molar-refractivity contribution in [2.75, 3.05) is 13.1 Å². The van der Waals surface area contributed by atoms with E-state index in [1.807, 2.05) is 29.2 Å². The van der Waals surface area contributed by atoms with E-state index in [9.17, 15) is 14.4 Å². The van der Waals surface area contributed by atoms with Gasteiger partial charge < -0.3 is 14.6 Å². The zero-order chi connectivity index (χ0) is 20.9. The molecule has 7 heteroatoms. The van der Waals surface area contributed by atoms with Gasteiger partial charge in [0.05, 0.1) is 0 Å². The fourth-order valence-electron chi connectivity index (χ4n) is 5.40. The van der Waals surface area contributed by atoms with Crippen LogP contribution in [0.3, 0.4) is 0 Å². The number of carbonyl (C=O) groups is 3. The SMILES string of the molecule is C[C@]1(c2cc3ccccc3o2)NC(=O)N(CC(=O)N2CCC[C@H]3CCCC[C@@H]32)C1=O. The number of hydrogen-bond acceptors (Lipinski definition) is 4. The Bertz CT molecular complexity index is 980. The van der Waals surface area contributed by atoms with Crippen molar-refractivity contribution in [3.8, 4) is 0 Å². The minimum Gasteiger partial charge on any atom is -0.458 e. The normalized spacial score (nSPS) is 29.2. The zero-order valence-electron chi connectivity index (χ0n) is 17.2. The minimum absolute atomic E-state index is 0.135. The molecule has 1 aromatic carbocycles. The predicted octanol–water partition coefficient (Wildman–Crippen LogP) is 3.38. The summed E-state index contributed by atoms with van der Waals surface area (Å²) in [4.78, 5) is 42.0. The second-order valence-electron chi connectivity index (χ2n) is 8.94. The number of carbonyl (C=O) groups excluding carboxylic acids is 3. The van der Waals surface area contributed by atoms with Gasteiger partial charge in [-0.25, -0.2) is 4.79 Å². The molecule has 1 aromatic heterocycles. The van der Waals surface area contributed by atoms with Gasteiger partial charge in [0.2, 0.25) is 5.91 Å². The van der Waals surface area contributed by atoms with Crippen LogP contribution >= 0.6 is 0 Å². The number of para-hydroxylation sites is 1. The van der Waals surface area contributed by atoms with Gasteiger partial charge in [0, 0.05) is 18.0 Å². The molecule has 3 fully saturated rings. The molecule has 1 aliphatic carbocycles. The van der Waals surface area contributed by atoms with Gasteiger partial charge in [-0.2, -0.15) is 0 Å². The second kappa shape index (κ2) is 7.15. The molecule has 2 aliphatic heterocycles. The molecule has 158 valence electrons. The fourth-order valence-corrected chi connectivity index (χ4v) is 5.40. The minimum atomic E-state index is -1.31. The Morgan fingerprint density at radius 1 is 1.17 bits per heavy atom. The molecule has 3 heterocycles. The third-order valence-electron chi connectivity index (χ3n) is 7.05. The van der Waals surface area contributed by atoms with Crippen molar-refractivity contribution < 1.29 is 18.8 Å². The Hall–Kier alpha value is -2.83. The molecule has 2 saturated heterocycles. The summed E-state index contributed by atoms with van der Waals surface area (Å²) < 4.78 is 5.86. The highest BCUT2D eigenvalue weighted by Crippen LogP contribution is 2.36. The van der Waals surface area contributed by atoms with Crippen molar-refractivity contribution in [2.24, 2.45) is 5.92 Å². The van der Waals surface area contributed by atoms with Gasteiger partial charge in [0.1, 0.15) is 17.9 Å². The van der Waals surface area contributed by atoms with E-state index in [1.54, 1.807) is 13.0 Å². The summed E-state index contributed by atoms with van der Waals surface area (Å²) in [5.74, 6) is 0.351. The molecule has 0 spiro atoms. The van der Waals surface area contributed by atoms with E-state index in [0.29, 0.717) is 23.8 Å². The van der Waals surface area contributed by atoms with E-state index < -0.39 is 17.5 Å². The van der Waals surface area contributed by atoms with Crippen molar-refractivity contribution in [1.29, 1.82) is 0 Å². The lowest BCUT2D eigenvalue weighted by Gasteiger charge is -2.44. The summed E-state index contributed by atoms with van der Waals surface area (Å²) in [6.07, 6.45) is 6.71. The third kappa shape index (κ3) is 2.99. The van der Waals surface area contributed by atoms with Gasteiger partial charge in [-0.05, 0) is 50.7 Å². The molecule has 5 rings (SSSR count). The monoisotopic (exact) mass is 409 g/mol. The first-order chi connectivity index (χ1) is 14.5. The number of fused-ring (bicyclic) bond motifs is 2. The van der Waals surface area contributed by atoms with Gasteiger partial charge in [-0.15, -0.1) is 0 Å². The molecule has 3 atom stereocenters. The molecular weight excluding hydrogens is 382 g/mol. The van der Waals surface area contributed by atoms with Crippen LogP contribution in [0.1, 0.15) is 51.2 Å². The smallest absolute Gasteiger partial charge is 0.325 e. The maximum absolute atomic E-state index is 13.2. The Kier molecular flexibility index (Phi) is 4.56. The number of hydrogen-bond donors (Lipinski definition) is 1. The number of urea groups is 1. The van der Waals surface area contributed by atoms with Crippen molar-refractivity contribution in [2.45, 2.75) is 57.0 Å². The van der Waals surface area contributed by atoms with Gasteiger partial charge in [0.25, 0.3) is 5.91 Å². The number of nitrogens with one attached hydrogen (secondary N) is 1. The maximum atomic E-state index is 13.2. The van der Waals surface area contributed by atoms with Crippen molar-refractivity contribution in [3.63, 3.8) is 0 Å². The summed E-state index contributed by atoms with van der Waals surface area (Å²) in [6.45, 7) is 2.13. The number of furan rings is 1. The van der Waals surface area contributed by atoms with Crippen LogP contribution in [-0.4, -0.2) is 46.8 Å². The highest BCUT2D eigenvalue weighted by molar-refractivity contribution is 6.09. The lowest BCUT2D eigenvalue weighted by atomic mass is 9.78. The highest BCUT2D eigenvalue weighted by atomic mass is 16.3. The van der Waals surface area contributed by atoms with E-state index >= 15 is 0 Å². The van der Waals surface area contributed by atoms with E-state index in [-0.39, 0.29) is 18.5 Å². The van der Waals surface area contributed by atoms with Gasteiger partial charge in [0.15, 0.2) is 5.54 Å². The summed E-state index contributed by atoms with van der Waals surface area (Å²) in [7, 11) is 0. The van der Waals surface area contributed by atoms with Gasteiger partial charge >= 0.3 is 6.03 Å². The molecule has 2 aromatic rings. The van der Waals surface area contributed by atoms with Crippen molar-refractivity contribution in [3.05, 3.63) is 36.1 Å². The van der Waals surface area contributed by atoms with E-state index in [0.717, 1.165) is 29.5 Å².